The van der Waals surface area contributed by atoms with Gasteiger partial charge in [0.2, 0.25) is 11.8 Å². The fourth-order valence-electron chi connectivity index (χ4n) is 5.00. The normalized spacial score (nSPS) is 41.9. The van der Waals surface area contributed by atoms with E-state index in [1.54, 1.807) is 0 Å². The molecule has 4 amide bonds. The zero-order valence-electron chi connectivity index (χ0n) is 12.6. The van der Waals surface area contributed by atoms with Gasteiger partial charge >= 0.3 is 6.03 Å². The Labute approximate surface area is 129 Å². The highest BCUT2D eigenvalue weighted by Crippen LogP contribution is 2.57. The van der Waals surface area contributed by atoms with Gasteiger partial charge in [-0.25, -0.2) is 4.79 Å². The number of carbonyl (C=O) groups is 3. The van der Waals surface area contributed by atoms with Crippen LogP contribution in [-0.4, -0.2) is 47.5 Å². The lowest BCUT2D eigenvalue weighted by Crippen LogP contribution is -2.62. The molecule has 0 aromatic heterocycles. The second-order valence-electron chi connectivity index (χ2n) is 7.44. The van der Waals surface area contributed by atoms with Crippen LogP contribution in [0.5, 0.6) is 0 Å². The van der Waals surface area contributed by atoms with Crippen molar-refractivity contribution in [2.75, 3.05) is 13.2 Å². The Balaban J connectivity index is 1.37. The van der Waals surface area contributed by atoms with Gasteiger partial charge in [0.05, 0.1) is 0 Å². The number of hydrogen-bond acceptors (Lipinski definition) is 5. The van der Waals surface area contributed by atoms with Gasteiger partial charge in [0.15, 0.2) is 0 Å². The Hall–Kier alpha value is -1.47. The van der Waals surface area contributed by atoms with Crippen LogP contribution in [0.15, 0.2) is 0 Å². The van der Waals surface area contributed by atoms with E-state index in [4.69, 9.17) is 0 Å². The maximum absolute atomic E-state index is 12.0. The third-order valence-electron chi connectivity index (χ3n) is 5.91. The highest BCUT2D eigenvalue weighted by molar-refractivity contribution is 6.14. The molecule has 2 spiro atoms. The molecule has 120 valence electrons. The maximum Gasteiger partial charge on any atom is 0.331 e. The molecular formula is C15H22N4O3. The molecule has 2 saturated heterocycles. The number of hydrogen-bond donors (Lipinski definition) is 3. The van der Waals surface area contributed by atoms with E-state index >= 15 is 0 Å². The molecule has 0 aromatic rings. The molecule has 3 N–H and O–H groups in total. The van der Waals surface area contributed by atoms with Gasteiger partial charge in [-0.3, -0.25) is 25.1 Å². The number of rotatable bonds is 1. The quantitative estimate of drug-likeness (QED) is 0.596. The molecule has 4 rings (SSSR count). The first-order valence-electron chi connectivity index (χ1n) is 8.13. The van der Waals surface area contributed by atoms with E-state index in [1.165, 1.54) is 17.7 Å². The average molecular weight is 306 g/mol. The summed E-state index contributed by atoms with van der Waals surface area (Å²) >= 11 is 0. The summed E-state index contributed by atoms with van der Waals surface area (Å²) in [5, 5.41) is 9.18. The van der Waals surface area contributed by atoms with E-state index in [0.717, 1.165) is 38.9 Å². The molecule has 2 saturated carbocycles. The SMILES string of the molecule is O=C1CC(=O)N(C2CCC3(CC2)CC2(CNCN2)C3)C(=O)N1. The zero-order chi connectivity index (χ0) is 15.4. The van der Waals surface area contributed by atoms with Crippen LogP contribution in [0.4, 0.5) is 4.79 Å². The molecule has 22 heavy (non-hydrogen) atoms. The van der Waals surface area contributed by atoms with Crippen molar-refractivity contribution in [3.63, 3.8) is 0 Å². The van der Waals surface area contributed by atoms with E-state index < -0.39 is 11.9 Å². The van der Waals surface area contributed by atoms with Crippen molar-refractivity contribution in [1.82, 2.24) is 20.9 Å². The van der Waals surface area contributed by atoms with Gasteiger partial charge in [0.1, 0.15) is 6.42 Å². The maximum atomic E-state index is 12.0. The predicted molar refractivity (Wildman–Crippen MR) is 77.7 cm³/mol. The summed E-state index contributed by atoms with van der Waals surface area (Å²) in [6, 6.07) is -0.577. The van der Waals surface area contributed by atoms with Crippen LogP contribution in [-0.2, 0) is 9.59 Å². The Morgan fingerprint density at radius 3 is 2.41 bits per heavy atom. The Bertz CT molecular complexity index is 503. The van der Waals surface area contributed by atoms with Crippen molar-refractivity contribution >= 4 is 17.8 Å². The minimum atomic E-state index is -0.533. The van der Waals surface area contributed by atoms with E-state index in [-0.39, 0.29) is 23.9 Å². The first-order chi connectivity index (χ1) is 10.5. The standard InChI is InChI=1S/C15H22N4O3/c20-11-5-12(21)19(13(22)18-11)10-1-3-14(4-2-10)6-15(7-14)8-16-9-17-15/h10,16-17H,1-9H2,(H,18,20,22). The third kappa shape index (κ3) is 2.14. The van der Waals surface area contributed by atoms with Gasteiger partial charge in [-0.1, -0.05) is 0 Å². The summed E-state index contributed by atoms with van der Waals surface area (Å²) < 4.78 is 0. The van der Waals surface area contributed by atoms with Crippen molar-refractivity contribution < 1.29 is 14.4 Å². The summed E-state index contributed by atoms with van der Waals surface area (Å²) in [7, 11) is 0. The molecule has 4 aliphatic rings. The van der Waals surface area contributed by atoms with Crippen LogP contribution < -0.4 is 16.0 Å². The number of imide groups is 2. The van der Waals surface area contributed by atoms with Gasteiger partial charge in [-0.05, 0) is 43.9 Å². The van der Waals surface area contributed by atoms with E-state index in [9.17, 15) is 14.4 Å². The Morgan fingerprint density at radius 2 is 1.82 bits per heavy atom. The lowest BCUT2D eigenvalue weighted by molar-refractivity contribution is -0.139. The highest BCUT2D eigenvalue weighted by Gasteiger charge is 2.56. The first kappa shape index (κ1) is 14.1. The van der Waals surface area contributed by atoms with Gasteiger partial charge < -0.3 is 5.32 Å². The smallest absolute Gasteiger partial charge is 0.303 e. The predicted octanol–water partition coefficient (Wildman–Crippen LogP) is 0.0668. The van der Waals surface area contributed by atoms with Crippen LogP contribution in [0.1, 0.15) is 44.9 Å². The van der Waals surface area contributed by atoms with Crippen LogP contribution in [0.25, 0.3) is 0 Å². The van der Waals surface area contributed by atoms with Crippen LogP contribution in [0, 0.1) is 5.41 Å². The number of nitrogens with zero attached hydrogens (tertiary/aromatic N) is 1. The Kier molecular flexibility index (Phi) is 3.06. The third-order valence-corrected chi connectivity index (χ3v) is 5.91. The lowest BCUT2D eigenvalue weighted by atomic mass is 9.52. The topological polar surface area (TPSA) is 90.5 Å². The van der Waals surface area contributed by atoms with Gasteiger partial charge in [0, 0.05) is 24.8 Å². The first-order valence-corrected chi connectivity index (χ1v) is 8.13. The van der Waals surface area contributed by atoms with E-state index in [0.29, 0.717) is 5.41 Å². The summed E-state index contributed by atoms with van der Waals surface area (Å²) in [6.45, 7) is 1.95. The monoisotopic (exact) mass is 306 g/mol. The highest BCUT2D eigenvalue weighted by atomic mass is 16.2. The minimum absolute atomic E-state index is 0.0440. The van der Waals surface area contributed by atoms with Crippen LogP contribution >= 0.6 is 0 Å². The minimum Gasteiger partial charge on any atom is -0.303 e. The lowest BCUT2D eigenvalue weighted by Gasteiger charge is -2.58. The molecule has 4 fully saturated rings. The van der Waals surface area contributed by atoms with Gasteiger partial charge in [0.25, 0.3) is 0 Å². The fourth-order valence-corrected chi connectivity index (χ4v) is 5.00. The van der Waals surface area contributed by atoms with Gasteiger partial charge in [-0.2, -0.15) is 0 Å². The molecular weight excluding hydrogens is 284 g/mol. The molecule has 0 atom stereocenters. The van der Waals surface area contributed by atoms with Gasteiger partial charge in [-0.15, -0.1) is 0 Å². The van der Waals surface area contributed by atoms with Crippen molar-refractivity contribution in [1.29, 1.82) is 0 Å². The van der Waals surface area contributed by atoms with Crippen molar-refractivity contribution in [2.24, 2.45) is 5.41 Å². The summed E-state index contributed by atoms with van der Waals surface area (Å²) in [5.74, 6) is -0.833. The molecule has 2 aliphatic heterocycles. The molecule has 7 heteroatoms. The number of barbiturate groups is 1. The second kappa shape index (κ2) is 4.76. The number of amides is 4. The second-order valence-corrected chi connectivity index (χ2v) is 7.44. The summed E-state index contributed by atoms with van der Waals surface area (Å²) in [4.78, 5) is 36.4. The molecule has 0 bridgehead atoms. The van der Waals surface area contributed by atoms with E-state index in [2.05, 4.69) is 16.0 Å². The molecule has 0 unspecified atom stereocenters. The van der Waals surface area contributed by atoms with Crippen molar-refractivity contribution in [3.8, 4) is 0 Å². The largest absolute Gasteiger partial charge is 0.331 e. The van der Waals surface area contributed by atoms with Crippen LogP contribution in [0.3, 0.4) is 0 Å². The van der Waals surface area contributed by atoms with Crippen LogP contribution in [0.2, 0.25) is 0 Å². The average Bonchev–Trinajstić information content (AvgIpc) is 2.88. The Morgan fingerprint density at radius 1 is 1.09 bits per heavy atom. The summed E-state index contributed by atoms with van der Waals surface area (Å²) in [6.07, 6.45) is 6.02. The summed E-state index contributed by atoms with van der Waals surface area (Å²) in [5.41, 5.74) is 0.679. The molecule has 7 nitrogen and oxygen atoms in total. The number of carbonyl (C=O) groups excluding carboxylic acids is 3. The van der Waals surface area contributed by atoms with Crippen molar-refractivity contribution in [3.05, 3.63) is 0 Å². The zero-order valence-corrected chi connectivity index (χ0v) is 12.6. The molecule has 0 aromatic carbocycles. The number of nitrogens with one attached hydrogen (secondary N) is 3. The fraction of sp³-hybridized carbons (Fsp3) is 0.800. The molecule has 2 aliphatic carbocycles. The molecule has 2 heterocycles. The molecule has 0 radical (unpaired) electrons. The van der Waals surface area contributed by atoms with Crippen molar-refractivity contribution in [2.45, 2.75) is 56.5 Å². The van der Waals surface area contributed by atoms with E-state index in [1.807, 2.05) is 0 Å². The number of urea groups is 1.